The minimum absolute atomic E-state index is 0.477. The molecule has 4 heteroatoms. The van der Waals surface area contributed by atoms with Crippen LogP contribution in [-0.2, 0) is 0 Å². The minimum atomic E-state index is -0.477. The number of aryl methyl sites for hydroxylation is 1. The molecule has 0 aliphatic carbocycles. The van der Waals surface area contributed by atoms with Crippen LogP contribution in [-0.4, -0.2) is 11.2 Å². The van der Waals surface area contributed by atoms with Gasteiger partial charge in [0.25, 0.3) is 0 Å². The number of hydrogen-bond donors (Lipinski definition) is 1. The van der Waals surface area contributed by atoms with Crippen molar-refractivity contribution >= 4 is 11.9 Å². The molecule has 3 aromatic rings. The summed E-state index contributed by atoms with van der Waals surface area (Å²) in [7, 11) is 0. The molecule has 0 radical (unpaired) electrons. The van der Waals surface area contributed by atoms with Crippen molar-refractivity contribution in [2.75, 3.05) is 5.43 Å². The molecule has 1 N–H and O–H groups in total. The Balaban J connectivity index is 1.81. The number of rotatable bonds is 4. The number of halogens is 1. The third-order valence-corrected chi connectivity index (χ3v) is 3.34. The maximum absolute atomic E-state index is 12.9. The van der Waals surface area contributed by atoms with E-state index in [-0.39, 0.29) is 0 Å². The molecule has 0 atom stereocenters. The molecule has 1 aromatic heterocycles. The van der Waals surface area contributed by atoms with Crippen LogP contribution in [0.25, 0.3) is 11.1 Å². The molecule has 0 saturated carbocycles. The Bertz CT molecular complexity index is 812. The van der Waals surface area contributed by atoms with Gasteiger partial charge in [-0.05, 0) is 53.9 Å². The van der Waals surface area contributed by atoms with Crippen molar-refractivity contribution in [1.29, 1.82) is 0 Å². The van der Waals surface area contributed by atoms with Crippen molar-refractivity contribution in [2.45, 2.75) is 6.92 Å². The molecule has 0 bridgehead atoms. The standard InChI is InChI=1S/C19H16FN3/c1-14-9-15(12-22-23-18-5-3-2-4-6-18)11-17(10-14)16-7-8-19(20)21-13-16/h2-13,23H,1H3. The lowest BCUT2D eigenvalue weighted by Crippen LogP contribution is -1.92. The molecule has 0 spiro atoms. The minimum Gasteiger partial charge on any atom is -0.279 e. The first-order valence-corrected chi connectivity index (χ1v) is 7.28. The Morgan fingerprint density at radius 1 is 1.00 bits per heavy atom. The number of nitrogens with zero attached hydrogens (tertiary/aromatic N) is 2. The number of hydrazone groups is 1. The molecular weight excluding hydrogens is 289 g/mol. The van der Waals surface area contributed by atoms with E-state index < -0.39 is 5.95 Å². The Labute approximate surface area is 134 Å². The van der Waals surface area contributed by atoms with Crippen LogP contribution in [0.5, 0.6) is 0 Å². The molecule has 0 unspecified atom stereocenters. The van der Waals surface area contributed by atoms with Gasteiger partial charge in [0.1, 0.15) is 0 Å². The van der Waals surface area contributed by atoms with Crippen LogP contribution < -0.4 is 5.43 Å². The second-order valence-electron chi connectivity index (χ2n) is 5.24. The fourth-order valence-electron chi connectivity index (χ4n) is 2.29. The van der Waals surface area contributed by atoms with Crippen molar-refractivity contribution in [2.24, 2.45) is 5.10 Å². The van der Waals surface area contributed by atoms with Gasteiger partial charge in [-0.3, -0.25) is 5.43 Å². The lowest BCUT2D eigenvalue weighted by molar-refractivity contribution is 0.584. The summed E-state index contributed by atoms with van der Waals surface area (Å²) in [5, 5.41) is 4.25. The summed E-state index contributed by atoms with van der Waals surface area (Å²) in [5.74, 6) is -0.477. The number of anilines is 1. The lowest BCUT2D eigenvalue weighted by atomic mass is 10.0. The molecule has 0 aliphatic rings. The van der Waals surface area contributed by atoms with Crippen molar-refractivity contribution in [3.63, 3.8) is 0 Å². The van der Waals surface area contributed by atoms with Gasteiger partial charge in [0, 0.05) is 11.8 Å². The average molecular weight is 305 g/mol. The normalized spacial score (nSPS) is 10.9. The third-order valence-electron chi connectivity index (χ3n) is 3.34. The van der Waals surface area contributed by atoms with Gasteiger partial charge in [0.15, 0.2) is 0 Å². The summed E-state index contributed by atoms with van der Waals surface area (Å²) in [6.07, 6.45) is 3.30. The molecule has 0 saturated heterocycles. The van der Waals surface area contributed by atoms with Gasteiger partial charge in [-0.2, -0.15) is 9.49 Å². The summed E-state index contributed by atoms with van der Waals surface area (Å²) in [6.45, 7) is 2.02. The number of hydrogen-bond acceptors (Lipinski definition) is 3. The molecular formula is C19H16FN3. The van der Waals surface area contributed by atoms with Gasteiger partial charge in [0.2, 0.25) is 5.95 Å². The van der Waals surface area contributed by atoms with Gasteiger partial charge in [-0.1, -0.05) is 30.3 Å². The first-order chi connectivity index (χ1) is 11.2. The van der Waals surface area contributed by atoms with Crippen molar-refractivity contribution in [3.8, 4) is 11.1 Å². The zero-order valence-electron chi connectivity index (χ0n) is 12.7. The summed E-state index contributed by atoms with van der Waals surface area (Å²) < 4.78 is 12.9. The zero-order valence-corrected chi connectivity index (χ0v) is 12.7. The highest BCUT2D eigenvalue weighted by atomic mass is 19.1. The first kappa shape index (κ1) is 14.9. The van der Waals surface area contributed by atoms with Crippen molar-refractivity contribution in [1.82, 2.24) is 4.98 Å². The third kappa shape index (κ3) is 4.01. The quantitative estimate of drug-likeness (QED) is 0.433. The number of pyridine rings is 1. The lowest BCUT2D eigenvalue weighted by Gasteiger charge is -2.05. The summed E-state index contributed by atoms with van der Waals surface area (Å²) in [5.41, 5.74) is 7.85. The molecule has 3 nitrogen and oxygen atoms in total. The van der Waals surface area contributed by atoms with Gasteiger partial charge in [-0.25, -0.2) is 4.98 Å². The molecule has 0 aliphatic heterocycles. The first-order valence-electron chi connectivity index (χ1n) is 7.28. The summed E-state index contributed by atoms with van der Waals surface area (Å²) >= 11 is 0. The fraction of sp³-hybridized carbons (Fsp3) is 0.0526. The van der Waals surface area contributed by atoms with E-state index in [1.165, 1.54) is 12.3 Å². The van der Waals surface area contributed by atoms with E-state index in [1.54, 1.807) is 12.3 Å². The Morgan fingerprint density at radius 3 is 2.57 bits per heavy atom. The summed E-state index contributed by atoms with van der Waals surface area (Å²) in [4.78, 5) is 3.70. The van der Waals surface area contributed by atoms with Crippen LogP contribution in [0.1, 0.15) is 11.1 Å². The molecule has 3 rings (SSSR count). The summed E-state index contributed by atoms with van der Waals surface area (Å²) in [6, 6.07) is 18.9. The van der Waals surface area contributed by atoms with Crippen LogP contribution in [0.15, 0.2) is 72.0 Å². The van der Waals surface area contributed by atoms with Crippen LogP contribution >= 0.6 is 0 Å². The second kappa shape index (κ2) is 6.83. The maximum Gasteiger partial charge on any atom is 0.212 e. The Morgan fingerprint density at radius 2 is 1.83 bits per heavy atom. The highest BCUT2D eigenvalue weighted by molar-refractivity contribution is 5.83. The monoisotopic (exact) mass is 305 g/mol. The predicted octanol–water partition coefficient (Wildman–Crippen LogP) is 4.64. The van der Waals surface area contributed by atoms with Crippen LogP contribution in [0, 0.1) is 12.9 Å². The number of aromatic nitrogens is 1. The van der Waals surface area contributed by atoms with E-state index in [0.717, 1.165) is 27.9 Å². The van der Waals surface area contributed by atoms with Crippen LogP contribution in [0.4, 0.5) is 10.1 Å². The van der Waals surface area contributed by atoms with Gasteiger partial charge in [-0.15, -0.1) is 0 Å². The molecule has 23 heavy (non-hydrogen) atoms. The number of benzene rings is 2. The van der Waals surface area contributed by atoms with E-state index in [9.17, 15) is 4.39 Å². The number of nitrogens with one attached hydrogen (secondary N) is 1. The average Bonchev–Trinajstić information content (AvgIpc) is 2.56. The van der Waals surface area contributed by atoms with Crippen LogP contribution in [0.2, 0.25) is 0 Å². The maximum atomic E-state index is 12.9. The smallest absolute Gasteiger partial charge is 0.212 e. The topological polar surface area (TPSA) is 37.3 Å². The largest absolute Gasteiger partial charge is 0.279 e. The Hall–Kier alpha value is -3.01. The second-order valence-corrected chi connectivity index (χ2v) is 5.24. The van der Waals surface area contributed by atoms with E-state index in [0.29, 0.717) is 0 Å². The molecule has 1 heterocycles. The van der Waals surface area contributed by atoms with E-state index in [2.05, 4.69) is 15.5 Å². The van der Waals surface area contributed by atoms with Crippen molar-refractivity contribution < 1.29 is 4.39 Å². The van der Waals surface area contributed by atoms with Crippen LogP contribution in [0.3, 0.4) is 0 Å². The molecule has 0 fully saturated rings. The molecule has 114 valence electrons. The van der Waals surface area contributed by atoms with E-state index >= 15 is 0 Å². The van der Waals surface area contributed by atoms with E-state index in [4.69, 9.17) is 0 Å². The van der Waals surface area contributed by atoms with Gasteiger partial charge in [0.05, 0.1) is 11.9 Å². The highest BCUT2D eigenvalue weighted by Gasteiger charge is 2.02. The Kier molecular flexibility index (Phi) is 4.43. The predicted molar refractivity (Wildman–Crippen MR) is 92.0 cm³/mol. The highest BCUT2D eigenvalue weighted by Crippen LogP contribution is 2.21. The van der Waals surface area contributed by atoms with Gasteiger partial charge < -0.3 is 0 Å². The fourth-order valence-corrected chi connectivity index (χ4v) is 2.29. The van der Waals surface area contributed by atoms with E-state index in [1.807, 2.05) is 55.5 Å². The van der Waals surface area contributed by atoms with Gasteiger partial charge >= 0.3 is 0 Å². The van der Waals surface area contributed by atoms with Crippen molar-refractivity contribution in [3.05, 3.63) is 83.9 Å². The molecule has 2 aromatic carbocycles. The zero-order chi connectivity index (χ0) is 16.1. The SMILES string of the molecule is Cc1cc(C=NNc2ccccc2)cc(-c2ccc(F)nc2)c1. The number of para-hydroxylation sites is 1. The molecule has 0 amide bonds.